The van der Waals surface area contributed by atoms with E-state index in [1.807, 2.05) is 6.07 Å². The van der Waals surface area contributed by atoms with Crippen LogP contribution >= 0.6 is 11.6 Å². The smallest absolute Gasteiger partial charge is 0.152 e. The van der Waals surface area contributed by atoms with Crippen molar-refractivity contribution >= 4 is 22.5 Å². The van der Waals surface area contributed by atoms with Crippen LogP contribution in [0, 0.1) is 0 Å². The Balaban J connectivity index is 2.08. The molecule has 1 aliphatic rings. The second-order valence-electron chi connectivity index (χ2n) is 4.52. The second-order valence-corrected chi connectivity index (χ2v) is 4.90. The van der Waals surface area contributed by atoms with E-state index in [-0.39, 0.29) is 0 Å². The molecule has 0 fully saturated rings. The van der Waals surface area contributed by atoms with Crippen molar-refractivity contribution in [3.8, 4) is 11.3 Å². The molecule has 88 valence electrons. The molecule has 1 aliphatic heterocycles. The number of nitrogens with zero attached hydrogens (tertiary/aromatic N) is 3. The van der Waals surface area contributed by atoms with Crippen LogP contribution in [0.1, 0.15) is 5.69 Å². The third-order valence-corrected chi connectivity index (χ3v) is 3.68. The topological polar surface area (TPSA) is 30.7 Å². The van der Waals surface area contributed by atoms with Gasteiger partial charge in [0.1, 0.15) is 0 Å². The summed E-state index contributed by atoms with van der Waals surface area (Å²) in [6.07, 6.45) is 0.908. The van der Waals surface area contributed by atoms with Gasteiger partial charge < -0.3 is 4.57 Å². The van der Waals surface area contributed by atoms with Gasteiger partial charge in [-0.3, -0.25) is 0 Å². The van der Waals surface area contributed by atoms with Gasteiger partial charge in [0.15, 0.2) is 5.15 Å². The number of rotatable bonds is 0. The minimum absolute atomic E-state index is 0.451. The summed E-state index contributed by atoms with van der Waals surface area (Å²) >= 11 is 5.96. The van der Waals surface area contributed by atoms with Gasteiger partial charge >= 0.3 is 0 Å². The van der Waals surface area contributed by atoms with Gasteiger partial charge in [0.25, 0.3) is 0 Å². The number of para-hydroxylation sites is 1. The minimum atomic E-state index is 0.451. The van der Waals surface area contributed by atoms with Crippen LogP contribution in [-0.4, -0.2) is 14.8 Å². The van der Waals surface area contributed by atoms with Gasteiger partial charge in [0.05, 0.1) is 11.4 Å². The maximum atomic E-state index is 5.96. The van der Waals surface area contributed by atoms with Crippen LogP contribution in [-0.2, 0) is 13.0 Å². The van der Waals surface area contributed by atoms with E-state index in [0.29, 0.717) is 5.15 Å². The summed E-state index contributed by atoms with van der Waals surface area (Å²) in [7, 11) is 0. The molecular formula is C14H10ClN3. The molecule has 0 atom stereocenters. The van der Waals surface area contributed by atoms with Gasteiger partial charge in [0.2, 0.25) is 0 Å². The monoisotopic (exact) mass is 255 g/mol. The first-order valence-corrected chi connectivity index (χ1v) is 6.31. The molecule has 0 aliphatic carbocycles. The van der Waals surface area contributed by atoms with Gasteiger partial charge in [-0.15, -0.1) is 5.10 Å². The van der Waals surface area contributed by atoms with Gasteiger partial charge in [0, 0.05) is 29.4 Å². The predicted octanol–water partition coefficient (Wildman–Crippen LogP) is 3.31. The predicted molar refractivity (Wildman–Crippen MR) is 71.7 cm³/mol. The molecule has 0 saturated carbocycles. The van der Waals surface area contributed by atoms with Crippen molar-refractivity contribution in [2.24, 2.45) is 0 Å². The van der Waals surface area contributed by atoms with Gasteiger partial charge in [-0.05, 0) is 18.2 Å². The van der Waals surface area contributed by atoms with E-state index in [0.717, 1.165) is 24.2 Å². The average molecular weight is 256 g/mol. The minimum Gasteiger partial charge on any atom is -0.340 e. The van der Waals surface area contributed by atoms with Crippen molar-refractivity contribution < 1.29 is 0 Å². The first-order chi connectivity index (χ1) is 8.83. The van der Waals surface area contributed by atoms with Crippen LogP contribution in [0.3, 0.4) is 0 Å². The zero-order chi connectivity index (χ0) is 12.1. The first-order valence-electron chi connectivity index (χ1n) is 5.94. The van der Waals surface area contributed by atoms with E-state index in [1.165, 1.54) is 16.6 Å². The summed E-state index contributed by atoms with van der Waals surface area (Å²) < 4.78 is 2.33. The first kappa shape index (κ1) is 10.1. The Morgan fingerprint density at radius 1 is 1.11 bits per heavy atom. The highest BCUT2D eigenvalue weighted by atomic mass is 35.5. The molecule has 1 aromatic carbocycles. The summed E-state index contributed by atoms with van der Waals surface area (Å²) in [5.74, 6) is 0. The van der Waals surface area contributed by atoms with Gasteiger partial charge in [-0.2, -0.15) is 5.10 Å². The Kier molecular flexibility index (Phi) is 2.00. The van der Waals surface area contributed by atoms with Gasteiger partial charge in [-0.1, -0.05) is 29.8 Å². The molecule has 0 radical (unpaired) electrons. The molecule has 18 heavy (non-hydrogen) atoms. The van der Waals surface area contributed by atoms with Crippen molar-refractivity contribution in [1.29, 1.82) is 0 Å². The number of fused-ring (bicyclic) bond motifs is 5. The van der Waals surface area contributed by atoms with Crippen molar-refractivity contribution in [3.63, 3.8) is 0 Å². The van der Waals surface area contributed by atoms with E-state index in [4.69, 9.17) is 11.6 Å². The Hall–Kier alpha value is -1.87. The van der Waals surface area contributed by atoms with E-state index in [2.05, 4.69) is 45.1 Å². The summed E-state index contributed by atoms with van der Waals surface area (Å²) in [5.41, 5.74) is 4.60. The second kappa shape index (κ2) is 3.56. The number of aryl methyl sites for hydroxylation is 2. The molecule has 4 heteroatoms. The number of hydrogen-bond acceptors (Lipinski definition) is 2. The van der Waals surface area contributed by atoms with Crippen LogP contribution in [0.25, 0.3) is 22.2 Å². The highest BCUT2D eigenvalue weighted by molar-refractivity contribution is 6.29. The maximum absolute atomic E-state index is 5.96. The molecule has 4 rings (SSSR count). The molecule has 2 aromatic heterocycles. The Morgan fingerprint density at radius 2 is 2.00 bits per heavy atom. The maximum Gasteiger partial charge on any atom is 0.152 e. The molecule has 0 N–H and O–H groups in total. The van der Waals surface area contributed by atoms with Crippen molar-refractivity contribution in [1.82, 2.24) is 14.8 Å². The van der Waals surface area contributed by atoms with Crippen LogP contribution in [0.15, 0.2) is 36.4 Å². The van der Waals surface area contributed by atoms with Crippen LogP contribution < -0.4 is 0 Å². The highest BCUT2D eigenvalue weighted by Crippen LogP contribution is 2.34. The summed E-state index contributed by atoms with van der Waals surface area (Å²) in [5, 5.41) is 9.83. The zero-order valence-corrected chi connectivity index (χ0v) is 10.4. The Morgan fingerprint density at radius 3 is 2.94 bits per heavy atom. The molecule has 3 nitrogen and oxygen atoms in total. The van der Waals surface area contributed by atoms with Crippen molar-refractivity contribution in [2.75, 3.05) is 0 Å². The molecule has 3 heterocycles. The zero-order valence-electron chi connectivity index (χ0n) is 9.60. The number of halogens is 1. The lowest BCUT2D eigenvalue weighted by Gasteiger charge is -2.18. The van der Waals surface area contributed by atoms with Crippen molar-refractivity contribution in [2.45, 2.75) is 13.0 Å². The molecular weight excluding hydrogens is 246 g/mol. The lowest BCUT2D eigenvalue weighted by Crippen LogP contribution is -2.12. The quantitative estimate of drug-likeness (QED) is 0.617. The summed E-state index contributed by atoms with van der Waals surface area (Å²) in [6.45, 7) is 0.951. The fraction of sp³-hybridized carbons (Fsp3) is 0.143. The number of benzene rings is 1. The standard InChI is InChI=1S/C14H10ClN3/c15-14-8-10-11(16-17-14)5-6-18-12-4-2-1-3-9(12)7-13(10)18/h1-4,7-8H,5-6H2. The lowest BCUT2D eigenvalue weighted by atomic mass is 10.1. The molecule has 0 unspecified atom stereocenters. The fourth-order valence-electron chi connectivity index (χ4n) is 2.69. The summed E-state index contributed by atoms with van der Waals surface area (Å²) in [4.78, 5) is 0. The summed E-state index contributed by atoms with van der Waals surface area (Å²) in [6, 6.07) is 12.5. The number of hydrogen-bond donors (Lipinski definition) is 0. The van der Waals surface area contributed by atoms with E-state index in [1.54, 1.807) is 0 Å². The average Bonchev–Trinajstić information content (AvgIpc) is 2.78. The highest BCUT2D eigenvalue weighted by Gasteiger charge is 2.20. The molecule has 0 amide bonds. The SMILES string of the molecule is Clc1cc2c(nn1)CCn1c-2cc2ccccc21. The Bertz CT molecular complexity index is 761. The molecule has 0 spiro atoms. The van der Waals surface area contributed by atoms with Crippen LogP contribution in [0.4, 0.5) is 0 Å². The van der Waals surface area contributed by atoms with E-state index >= 15 is 0 Å². The molecule has 0 bridgehead atoms. The largest absolute Gasteiger partial charge is 0.340 e. The number of aromatic nitrogens is 3. The fourth-order valence-corrected chi connectivity index (χ4v) is 2.84. The van der Waals surface area contributed by atoms with Crippen LogP contribution in [0.2, 0.25) is 5.15 Å². The Labute approximate surface area is 109 Å². The third kappa shape index (κ3) is 1.31. The lowest BCUT2D eigenvalue weighted by molar-refractivity contribution is 0.683. The normalized spacial score (nSPS) is 13.4. The third-order valence-electron chi connectivity index (χ3n) is 3.50. The van der Waals surface area contributed by atoms with Gasteiger partial charge in [-0.25, -0.2) is 0 Å². The van der Waals surface area contributed by atoms with E-state index < -0.39 is 0 Å². The molecule has 0 saturated heterocycles. The van der Waals surface area contributed by atoms with Crippen LogP contribution in [0.5, 0.6) is 0 Å². The van der Waals surface area contributed by atoms with Crippen molar-refractivity contribution in [3.05, 3.63) is 47.2 Å². The van der Waals surface area contributed by atoms with E-state index in [9.17, 15) is 0 Å². The molecule has 3 aromatic rings.